The summed E-state index contributed by atoms with van der Waals surface area (Å²) in [7, 11) is 1.79. The smallest absolute Gasteiger partial charge is 0.245 e. The van der Waals surface area contributed by atoms with Crippen molar-refractivity contribution in [1.29, 1.82) is 0 Å². The van der Waals surface area contributed by atoms with Crippen molar-refractivity contribution >= 4 is 5.91 Å². The number of carbonyl (C=O) groups is 1. The molecule has 0 aromatic carbocycles. The number of amides is 1. The number of hydrogen-bond donors (Lipinski definition) is 0. The Hall–Kier alpha value is -0.790. The summed E-state index contributed by atoms with van der Waals surface area (Å²) in [4.78, 5) is 12.6. The fraction of sp³-hybridized carbons (Fsp3) is 0.625. The van der Waals surface area contributed by atoms with E-state index in [2.05, 4.69) is 0 Å². The van der Waals surface area contributed by atoms with Crippen LogP contribution in [0, 0.1) is 0 Å². The molecule has 0 aromatic heterocycles. The van der Waals surface area contributed by atoms with Gasteiger partial charge < -0.3 is 4.90 Å². The first-order chi connectivity index (χ1) is 4.72. The summed E-state index contributed by atoms with van der Waals surface area (Å²) < 4.78 is 0. The Balaban J connectivity index is 3.72. The summed E-state index contributed by atoms with van der Waals surface area (Å²) in [5.41, 5.74) is 0. The van der Waals surface area contributed by atoms with E-state index in [9.17, 15) is 4.79 Å². The van der Waals surface area contributed by atoms with Crippen molar-refractivity contribution in [2.45, 2.75) is 20.3 Å². The van der Waals surface area contributed by atoms with E-state index in [-0.39, 0.29) is 5.91 Å². The lowest BCUT2D eigenvalue weighted by Gasteiger charge is -2.10. The van der Waals surface area contributed by atoms with Gasteiger partial charge in [0, 0.05) is 13.6 Å². The molecule has 0 rings (SSSR count). The average molecular weight is 141 g/mol. The fourth-order valence-corrected chi connectivity index (χ4v) is 0.502. The number of nitrogens with zero attached hydrogens (tertiary/aromatic N) is 1. The van der Waals surface area contributed by atoms with Gasteiger partial charge in [-0.05, 0) is 19.4 Å². The molecule has 2 nitrogen and oxygen atoms in total. The van der Waals surface area contributed by atoms with Crippen molar-refractivity contribution in [3.63, 3.8) is 0 Å². The number of hydrogen-bond acceptors (Lipinski definition) is 1. The van der Waals surface area contributed by atoms with Crippen molar-refractivity contribution in [3.05, 3.63) is 12.2 Å². The number of likely N-dealkylation sites (N-methyl/N-ethyl adjacent to an activating group) is 1. The molecule has 0 saturated heterocycles. The Morgan fingerprint density at radius 1 is 1.50 bits per heavy atom. The zero-order valence-electron chi connectivity index (χ0n) is 6.92. The van der Waals surface area contributed by atoms with E-state index in [1.165, 1.54) is 0 Å². The standard InChI is InChI=1S/C8H15NO/c1-4-6-7-8(10)9(3)5-2/h6-7H,4-5H2,1-3H3/b7-6+. The number of rotatable bonds is 3. The summed E-state index contributed by atoms with van der Waals surface area (Å²) in [6.07, 6.45) is 4.40. The predicted molar refractivity (Wildman–Crippen MR) is 42.7 cm³/mol. The molecule has 0 N–H and O–H groups in total. The molecule has 58 valence electrons. The van der Waals surface area contributed by atoms with Crippen LogP contribution in [-0.4, -0.2) is 24.4 Å². The van der Waals surface area contributed by atoms with Gasteiger partial charge in [-0.3, -0.25) is 4.79 Å². The molecule has 0 atom stereocenters. The summed E-state index contributed by atoms with van der Waals surface area (Å²) in [6.45, 7) is 4.74. The molecule has 0 unspecified atom stereocenters. The molecule has 0 bridgehead atoms. The third kappa shape index (κ3) is 3.28. The second-order valence-corrected chi connectivity index (χ2v) is 2.16. The van der Waals surface area contributed by atoms with Crippen molar-refractivity contribution in [2.24, 2.45) is 0 Å². The lowest BCUT2D eigenvalue weighted by Crippen LogP contribution is -2.23. The first-order valence-electron chi connectivity index (χ1n) is 3.64. The SMILES string of the molecule is CC/C=C/C(=O)N(C)CC. The van der Waals surface area contributed by atoms with Gasteiger partial charge in [-0.15, -0.1) is 0 Å². The molecule has 0 heterocycles. The maximum absolute atomic E-state index is 11.0. The van der Waals surface area contributed by atoms with Crippen LogP contribution >= 0.6 is 0 Å². The summed E-state index contributed by atoms with van der Waals surface area (Å²) in [5.74, 6) is 0.0874. The van der Waals surface area contributed by atoms with Crippen LogP contribution < -0.4 is 0 Å². The van der Waals surface area contributed by atoms with Crippen LogP contribution in [0.1, 0.15) is 20.3 Å². The predicted octanol–water partition coefficient (Wildman–Crippen LogP) is 1.43. The van der Waals surface area contributed by atoms with Crippen LogP contribution in [0.25, 0.3) is 0 Å². The Morgan fingerprint density at radius 3 is 2.50 bits per heavy atom. The van der Waals surface area contributed by atoms with Crippen molar-refractivity contribution < 1.29 is 4.79 Å². The van der Waals surface area contributed by atoms with Crippen LogP contribution in [0.5, 0.6) is 0 Å². The van der Waals surface area contributed by atoms with Gasteiger partial charge in [-0.1, -0.05) is 13.0 Å². The minimum Gasteiger partial charge on any atom is -0.343 e. The van der Waals surface area contributed by atoms with E-state index in [1.807, 2.05) is 19.9 Å². The lowest BCUT2D eigenvalue weighted by atomic mass is 10.4. The summed E-state index contributed by atoms with van der Waals surface area (Å²) in [5, 5.41) is 0. The molecular weight excluding hydrogens is 126 g/mol. The molecule has 0 radical (unpaired) electrons. The van der Waals surface area contributed by atoms with E-state index >= 15 is 0 Å². The molecule has 0 aliphatic rings. The molecule has 0 saturated carbocycles. The van der Waals surface area contributed by atoms with Gasteiger partial charge in [0.25, 0.3) is 0 Å². The Labute approximate surface area is 62.5 Å². The van der Waals surface area contributed by atoms with Gasteiger partial charge >= 0.3 is 0 Å². The average Bonchev–Trinajstić information content (AvgIpc) is 1.98. The second-order valence-electron chi connectivity index (χ2n) is 2.16. The molecule has 0 fully saturated rings. The lowest BCUT2D eigenvalue weighted by molar-refractivity contribution is -0.124. The van der Waals surface area contributed by atoms with Crippen molar-refractivity contribution in [1.82, 2.24) is 4.90 Å². The van der Waals surface area contributed by atoms with Gasteiger partial charge in [0.1, 0.15) is 0 Å². The first-order valence-corrected chi connectivity index (χ1v) is 3.64. The first kappa shape index (κ1) is 9.21. The van der Waals surface area contributed by atoms with Crippen LogP contribution in [0.15, 0.2) is 12.2 Å². The molecular formula is C8H15NO. The largest absolute Gasteiger partial charge is 0.343 e. The third-order valence-electron chi connectivity index (χ3n) is 1.35. The highest BCUT2D eigenvalue weighted by atomic mass is 16.2. The van der Waals surface area contributed by atoms with Gasteiger partial charge in [0.05, 0.1) is 0 Å². The van der Waals surface area contributed by atoms with Crippen LogP contribution in [0.2, 0.25) is 0 Å². The molecule has 0 aliphatic heterocycles. The van der Waals surface area contributed by atoms with Gasteiger partial charge in [-0.25, -0.2) is 0 Å². The molecule has 0 aromatic rings. The van der Waals surface area contributed by atoms with E-state index in [0.717, 1.165) is 13.0 Å². The highest BCUT2D eigenvalue weighted by molar-refractivity contribution is 5.87. The molecule has 1 amide bonds. The monoisotopic (exact) mass is 141 g/mol. The van der Waals surface area contributed by atoms with Crippen molar-refractivity contribution in [2.75, 3.05) is 13.6 Å². The maximum atomic E-state index is 11.0. The molecule has 10 heavy (non-hydrogen) atoms. The summed E-state index contributed by atoms with van der Waals surface area (Å²) >= 11 is 0. The van der Waals surface area contributed by atoms with Crippen LogP contribution in [0.4, 0.5) is 0 Å². The second kappa shape index (κ2) is 5.03. The van der Waals surface area contributed by atoms with E-state index in [4.69, 9.17) is 0 Å². The third-order valence-corrected chi connectivity index (χ3v) is 1.35. The Bertz CT molecular complexity index is 129. The summed E-state index contributed by atoms with van der Waals surface area (Å²) in [6, 6.07) is 0. The minimum absolute atomic E-state index is 0.0874. The van der Waals surface area contributed by atoms with Gasteiger partial charge in [0.15, 0.2) is 0 Å². The van der Waals surface area contributed by atoms with E-state index < -0.39 is 0 Å². The zero-order chi connectivity index (χ0) is 7.98. The molecule has 0 spiro atoms. The molecule has 2 heteroatoms. The van der Waals surface area contributed by atoms with Crippen LogP contribution in [0.3, 0.4) is 0 Å². The van der Waals surface area contributed by atoms with Crippen LogP contribution in [-0.2, 0) is 4.79 Å². The normalized spacial score (nSPS) is 10.3. The zero-order valence-corrected chi connectivity index (χ0v) is 6.92. The molecule has 0 aliphatic carbocycles. The fourth-order valence-electron chi connectivity index (χ4n) is 0.502. The Morgan fingerprint density at radius 2 is 2.10 bits per heavy atom. The Kier molecular flexibility index (Phi) is 4.63. The minimum atomic E-state index is 0.0874. The quantitative estimate of drug-likeness (QED) is 0.544. The van der Waals surface area contributed by atoms with E-state index in [1.54, 1.807) is 18.0 Å². The van der Waals surface area contributed by atoms with Gasteiger partial charge in [0.2, 0.25) is 5.91 Å². The number of allylic oxidation sites excluding steroid dienone is 1. The highest BCUT2D eigenvalue weighted by Crippen LogP contribution is 1.87. The van der Waals surface area contributed by atoms with Crippen molar-refractivity contribution in [3.8, 4) is 0 Å². The van der Waals surface area contributed by atoms with E-state index in [0.29, 0.717) is 0 Å². The van der Waals surface area contributed by atoms with Gasteiger partial charge in [-0.2, -0.15) is 0 Å². The highest BCUT2D eigenvalue weighted by Gasteiger charge is 1.98. The topological polar surface area (TPSA) is 20.3 Å². The maximum Gasteiger partial charge on any atom is 0.245 e. The number of carbonyl (C=O) groups excluding carboxylic acids is 1.